The predicted molar refractivity (Wildman–Crippen MR) is 46.1 cm³/mol. The first-order chi connectivity index (χ1) is 3.72. The quantitative estimate of drug-likeness (QED) is 0.606. The summed E-state index contributed by atoms with van der Waals surface area (Å²) in [5.41, 5.74) is 0.898. The van der Waals surface area contributed by atoms with E-state index in [2.05, 4.69) is 36.3 Å². The Morgan fingerprint density at radius 2 is 2.00 bits per heavy atom. The second-order valence-corrected chi connectivity index (χ2v) is 7.02. The molecule has 0 aliphatic heterocycles. The van der Waals surface area contributed by atoms with E-state index in [4.69, 9.17) is 0 Å². The molecule has 0 nitrogen and oxygen atoms in total. The standard InChI is InChI=1S/C6H14BrP/c1-4-6(3)8(7)5-2/h6H,4-5H2,1-3H3. The van der Waals surface area contributed by atoms with E-state index in [1.54, 1.807) is 0 Å². The van der Waals surface area contributed by atoms with Gasteiger partial charge >= 0.3 is 0 Å². The molecule has 0 aliphatic rings. The van der Waals surface area contributed by atoms with E-state index in [0.717, 1.165) is 5.66 Å². The van der Waals surface area contributed by atoms with Gasteiger partial charge in [0.25, 0.3) is 0 Å². The van der Waals surface area contributed by atoms with Crippen molar-refractivity contribution in [2.75, 3.05) is 6.16 Å². The van der Waals surface area contributed by atoms with Crippen LogP contribution in [0.2, 0.25) is 0 Å². The van der Waals surface area contributed by atoms with Gasteiger partial charge in [0.05, 0.1) is 0 Å². The van der Waals surface area contributed by atoms with Gasteiger partial charge in [-0.25, -0.2) is 0 Å². The van der Waals surface area contributed by atoms with Crippen LogP contribution in [0.15, 0.2) is 0 Å². The van der Waals surface area contributed by atoms with Crippen LogP contribution in [0.25, 0.3) is 0 Å². The van der Waals surface area contributed by atoms with Gasteiger partial charge < -0.3 is 0 Å². The van der Waals surface area contributed by atoms with Gasteiger partial charge in [0.15, 0.2) is 0 Å². The Morgan fingerprint density at radius 3 is 2.12 bits per heavy atom. The van der Waals surface area contributed by atoms with E-state index in [9.17, 15) is 0 Å². The molecule has 0 amide bonds. The Labute approximate surface area is 61.5 Å². The Morgan fingerprint density at radius 1 is 1.50 bits per heavy atom. The highest BCUT2D eigenvalue weighted by Crippen LogP contribution is 2.49. The second kappa shape index (κ2) is 4.76. The largest absolute Gasteiger partial charge is 0.0648 e. The summed E-state index contributed by atoms with van der Waals surface area (Å²) in [6, 6.07) is 0. The molecule has 8 heavy (non-hydrogen) atoms. The van der Waals surface area contributed by atoms with Crippen molar-refractivity contribution >= 4 is 22.1 Å². The van der Waals surface area contributed by atoms with Crippen LogP contribution in [0.4, 0.5) is 0 Å². The summed E-state index contributed by atoms with van der Waals surface area (Å²) in [4.78, 5) is 0. The van der Waals surface area contributed by atoms with Crippen molar-refractivity contribution in [3.63, 3.8) is 0 Å². The summed E-state index contributed by atoms with van der Waals surface area (Å²) in [6.45, 7) is 6.97. The van der Waals surface area contributed by atoms with E-state index < -0.39 is 0 Å². The lowest BCUT2D eigenvalue weighted by Gasteiger charge is -2.13. The Hall–Kier alpha value is 0.910. The van der Waals surface area contributed by atoms with Gasteiger partial charge in [-0.3, -0.25) is 0 Å². The Balaban J connectivity index is 3.29. The summed E-state index contributed by atoms with van der Waals surface area (Å²) in [6.07, 6.45) is 2.62. The number of hydrogen-bond donors (Lipinski definition) is 0. The van der Waals surface area contributed by atoms with Crippen molar-refractivity contribution in [1.29, 1.82) is 0 Å². The van der Waals surface area contributed by atoms with E-state index in [1.807, 2.05) is 0 Å². The highest BCUT2D eigenvalue weighted by atomic mass is 79.9. The maximum Gasteiger partial charge on any atom is -0.0142 e. The molecular weight excluding hydrogens is 183 g/mol. The molecule has 0 saturated carbocycles. The van der Waals surface area contributed by atoms with Crippen LogP contribution >= 0.6 is 22.1 Å². The van der Waals surface area contributed by atoms with Crippen LogP contribution in [-0.4, -0.2) is 11.8 Å². The van der Waals surface area contributed by atoms with Gasteiger partial charge in [-0.2, -0.15) is 0 Å². The molecule has 0 aliphatic carbocycles. The lowest BCUT2D eigenvalue weighted by Crippen LogP contribution is -1.93. The first-order valence-corrected chi connectivity index (χ1v) is 6.76. The number of hydrogen-bond acceptors (Lipinski definition) is 0. The minimum Gasteiger partial charge on any atom is -0.0648 e. The fourth-order valence-electron chi connectivity index (χ4n) is 0.510. The fourth-order valence-corrected chi connectivity index (χ4v) is 2.40. The van der Waals surface area contributed by atoms with E-state index in [1.165, 1.54) is 12.6 Å². The zero-order chi connectivity index (χ0) is 6.57. The number of rotatable bonds is 3. The molecule has 2 unspecified atom stereocenters. The van der Waals surface area contributed by atoms with Gasteiger partial charge in [0.1, 0.15) is 0 Å². The monoisotopic (exact) mass is 196 g/mol. The molecule has 0 aromatic heterocycles. The lowest BCUT2D eigenvalue weighted by atomic mass is 10.4. The van der Waals surface area contributed by atoms with E-state index in [0.29, 0.717) is 0 Å². The smallest absolute Gasteiger partial charge is 0.0142 e. The minimum atomic E-state index is 0.173. The molecule has 0 spiro atoms. The normalized spacial score (nSPS) is 18.0. The Bertz CT molecular complexity index is 48.5. The van der Waals surface area contributed by atoms with Crippen LogP contribution in [0.3, 0.4) is 0 Å². The third-order valence-corrected chi connectivity index (χ3v) is 6.90. The lowest BCUT2D eigenvalue weighted by molar-refractivity contribution is 0.897. The SMILES string of the molecule is CCC(C)P(Br)CC. The maximum absolute atomic E-state index is 3.67. The summed E-state index contributed by atoms with van der Waals surface area (Å²) in [5, 5.41) is 0. The van der Waals surface area contributed by atoms with Crippen LogP contribution < -0.4 is 0 Å². The molecule has 0 heterocycles. The fraction of sp³-hybridized carbons (Fsp3) is 1.00. The molecule has 50 valence electrons. The Kier molecular flexibility index (Phi) is 5.30. The van der Waals surface area contributed by atoms with Crippen LogP contribution in [0, 0.1) is 0 Å². The van der Waals surface area contributed by atoms with Gasteiger partial charge in [-0.05, 0) is 24.9 Å². The van der Waals surface area contributed by atoms with Crippen molar-refractivity contribution < 1.29 is 0 Å². The van der Waals surface area contributed by atoms with Crippen LogP contribution in [0.1, 0.15) is 27.2 Å². The molecule has 0 rings (SSSR count). The van der Waals surface area contributed by atoms with Crippen molar-refractivity contribution in [1.82, 2.24) is 0 Å². The van der Waals surface area contributed by atoms with Gasteiger partial charge in [0, 0.05) is 0 Å². The van der Waals surface area contributed by atoms with Gasteiger partial charge in [-0.15, -0.1) is 0 Å². The van der Waals surface area contributed by atoms with Gasteiger partial charge in [-0.1, -0.05) is 36.3 Å². The van der Waals surface area contributed by atoms with Gasteiger partial charge in [0.2, 0.25) is 0 Å². The van der Waals surface area contributed by atoms with E-state index >= 15 is 0 Å². The average Bonchev–Trinajstić information content (AvgIpc) is 1.84. The number of halogens is 1. The van der Waals surface area contributed by atoms with Crippen molar-refractivity contribution in [2.24, 2.45) is 0 Å². The summed E-state index contributed by atoms with van der Waals surface area (Å²) >= 11 is 3.67. The van der Waals surface area contributed by atoms with E-state index in [-0.39, 0.29) is 6.62 Å². The highest BCUT2D eigenvalue weighted by molar-refractivity contribution is 9.39. The van der Waals surface area contributed by atoms with Crippen molar-refractivity contribution in [3.05, 3.63) is 0 Å². The molecule has 0 bridgehead atoms. The molecule has 0 N–H and O–H groups in total. The predicted octanol–water partition coefficient (Wildman–Crippen LogP) is 3.60. The molecule has 0 saturated heterocycles. The maximum atomic E-state index is 3.67. The summed E-state index contributed by atoms with van der Waals surface area (Å²) in [7, 11) is 0. The van der Waals surface area contributed by atoms with Crippen molar-refractivity contribution in [3.8, 4) is 0 Å². The molecule has 2 heteroatoms. The minimum absolute atomic E-state index is 0.173. The highest BCUT2D eigenvalue weighted by Gasteiger charge is 2.07. The molecule has 0 radical (unpaired) electrons. The average molecular weight is 197 g/mol. The third kappa shape index (κ3) is 3.04. The topological polar surface area (TPSA) is 0 Å². The second-order valence-electron chi connectivity index (χ2n) is 1.97. The molecule has 0 aromatic carbocycles. The zero-order valence-corrected chi connectivity index (χ0v) is 8.30. The molecule has 0 aromatic rings. The summed E-state index contributed by atoms with van der Waals surface area (Å²) < 4.78 is 0. The van der Waals surface area contributed by atoms with Crippen molar-refractivity contribution in [2.45, 2.75) is 32.9 Å². The first-order valence-electron chi connectivity index (χ1n) is 3.14. The van der Waals surface area contributed by atoms with Crippen LogP contribution in [0.5, 0.6) is 0 Å². The zero-order valence-electron chi connectivity index (χ0n) is 5.82. The molecule has 0 fully saturated rings. The third-order valence-electron chi connectivity index (χ3n) is 1.37. The first kappa shape index (κ1) is 8.91. The summed E-state index contributed by atoms with van der Waals surface area (Å²) in [5.74, 6) is 0. The molecular formula is C6H14BrP. The van der Waals surface area contributed by atoms with Crippen LogP contribution in [-0.2, 0) is 0 Å². The molecule has 2 atom stereocenters.